The average Bonchev–Trinajstić information content (AvgIpc) is 2.58. The van der Waals surface area contributed by atoms with Crippen molar-refractivity contribution in [3.05, 3.63) is 36.1 Å². The molecule has 2 nitrogen and oxygen atoms in total. The van der Waals surface area contributed by atoms with Crippen molar-refractivity contribution in [2.24, 2.45) is 11.1 Å². The van der Waals surface area contributed by atoms with Crippen LogP contribution in [0.3, 0.4) is 0 Å². The van der Waals surface area contributed by atoms with E-state index in [4.69, 9.17) is 10.2 Å². The van der Waals surface area contributed by atoms with Crippen LogP contribution in [0.2, 0.25) is 0 Å². The molecule has 0 amide bonds. The number of hydrogen-bond acceptors (Lipinski definition) is 2. The Kier molecular flexibility index (Phi) is 2.31. The van der Waals surface area contributed by atoms with Crippen LogP contribution in [0.15, 0.2) is 34.7 Å². The molecule has 80 valence electrons. The highest BCUT2D eigenvalue weighted by atomic mass is 16.3. The maximum Gasteiger partial charge on any atom is 0.134 e. The number of rotatable bonds is 1. The maximum atomic E-state index is 6.14. The lowest BCUT2D eigenvalue weighted by Crippen LogP contribution is -2.25. The molecule has 0 bridgehead atoms. The van der Waals surface area contributed by atoms with E-state index in [1.165, 1.54) is 0 Å². The van der Waals surface area contributed by atoms with Gasteiger partial charge in [-0.25, -0.2) is 0 Å². The monoisotopic (exact) mass is 203 g/mol. The largest absolute Gasteiger partial charge is 0.459 e. The van der Waals surface area contributed by atoms with E-state index in [0.29, 0.717) is 0 Å². The molecule has 0 saturated carbocycles. The van der Waals surface area contributed by atoms with Gasteiger partial charge in [0, 0.05) is 5.39 Å². The highest BCUT2D eigenvalue weighted by molar-refractivity contribution is 5.77. The number of furan rings is 1. The molecule has 0 aliphatic heterocycles. The highest BCUT2D eigenvalue weighted by Crippen LogP contribution is 2.33. The minimum absolute atomic E-state index is 0.0217. The van der Waals surface area contributed by atoms with Crippen LogP contribution in [0.5, 0.6) is 0 Å². The Morgan fingerprint density at radius 2 is 1.87 bits per heavy atom. The van der Waals surface area contributed by atoms with Crippen molar-refractivity contribution in [1.82, 2.24) is 0 Å². The van der Waals surface area contributed by atoms with Crippen LogP contribution >= 0.6 is 0 Å². The number of nitrogens with two attached hydrogens (primary N) is 1. The summed E-state index contributed by atoms with van der Waals surface area (Å²) < 4.78 is 5.73. The molecule has 0 spiro atoms. The third-order valence-electron chi connectivity index (χ3n) is 2.68. The van der Waals surface area contributed by atoms with E-state index in [1.54, 1.807) is 0 Å². The number of hydrogen-bond donors (Lipinski definition) is 1. The second kappa shape index (κ2) is 3.38. The minimum Gasteiger partial charge on any atom is -0.459 e. The molecule has 0 aliphatic carbocycles. The fourth-order valence-electron chi connectivity index (χ4n) is 1.58. The number of benzene rings is 1. The van der Waals surface area contributed by atoms with Crippen molar-refractivity contribution in [3.8, 4) is 0 Å². The van der Waals surface area contributed by atoms with Gasteiger partial charge in [-0.3, -0.25) is 0 Å². The Morgan fingerprint density at radius 1 is 1.20 bits per heavy atom. The molecule has 1 unspecified atom stereocenters. The standard InChI is InChI=1S/C13H17NO/c1-13(2,3)12(14)11-8-9-6-4-5-7-10(9)15-11/h4-8,12H,14H2,1-3H3. The molecule has 2 aromatic rings. The van der Waals surface area contributed by atoms with Crippen molar-refractivity contribution in [2.75, 3.05) is 0 Å². The van der Waals surface area contributed by atoms with E-state index in [9.17, 15) is 0 Å². The molecule has 1 aromatic heterocycles. The molecule has 1 heterocycles. The third kappa shape index (κ3) is 1.90. The average molecular weight is 203 g/mol. The van der Waals surface area contributed by atoms with E-state index in [1.807, 2.05) is 30.3 Å². The zero-order valence-electron chi connectivity index (χ0n) is 9.45. The Labute approximate surface area is 90.1 Å². The SMILES string of the molecule is CC(C)(C)C(N)c1cc2ccccc2o1. The van der Waals surface area contributed by atoms with E-state index in [0.717, 1.165) is 16.7 Å². The fourth-order valence-corrected chi connectivity index (χ4v) is 1.58. The van der Waals surface area contributed by atoms with Gasteiger partial charge >= 0.3 is 0 Å². The van der Waals surface area contributed by atoms with Gasteiger partial charge < -0.3 is 10.2 Å². The quantitative estimate of drug-likeness (QED) is 0.770. The lowest BCUT2D eigenvalue weighted by atomic mass is 9.86. The fraction of sp³-hybridized carbons (Fsp3) is 0.385. The van der Waals surface area contributed by atoms with Crippen molar-refractivity contribution < 1.29 is 4.42 Å². The molecule has 0 aliphatic rings. The minimum atomic E-state index is -0.0649. The van der Waals surface area contributed by atoms with Crippen LogP contribution in [0.25, 0.3) is 11.0 Å². The highest BCUT2D eigenvalue weighted by Gasteiger charge is 2.25. The van der Waals surface area contributed by atoms with E-state index < -0.39 is 0 Å². The van der Waals surface area contributed by atoms with Crippen molar-refractivity contribution >= 4 is 11.0 Å². The third-order valence-corrected chi connectivity index (χ3v) is 2.68. The van der Waals surface area contributed by atoms with E-state index >= 15 is 0 Å². The van der Waals surface area contributed by atoms with Gasteiger partial charge in [0.05, 0.1) is 6.04 Å². The van der Waals surface area contributed by atoms with Crippen LogP contribution in [-0.4, -0.2) is 0 Å². The van der Waals surface area contributed by atoms with Gasteiger partial charge in [-0.05, 0) is 17.5 Å². The smallest absolute Gasteiger partial charge is 0.134 e. The van der Waals surface area contributed by atoms with Crippen LogP contribution in [0, 0.1) is 5.41 Å². The molecular weight excluding hydrogens is 186 g/mol. The Morgan fingerprint density at radius 3 is 2.47 bits per heavy atom. The lowest BCUT2D eigenvalue weighted by Gasteiger charge is -2.24. The number of fused-ring (bicyclic) bond motifs is 1. The van der Waals surface area contributed by atoms with Gasteiger partial charge in [-0.15, -0.1) is 0 Å². The molecule has 2 heteroatoms. The first-order valence-corrected chi connectivity index (χ1v) is 5.22. The summed E-state index contributed by atoms with van der Waals surface area (Å²) in [6.07, 6.45) is 0. The zero-order chi connectivity index (χ0) is 11.1. The summed E-state index contributed by atoms with van der Waals surface area (Å²) in [5, 5.41) is 1.12. The van der Waals surface area contributed by atoms with Gasteiger partial charge in [-0.2, -0.15) is 0 Å². The summed E-state index contributed by atoms with van der Waals surface area (Å²) in [7, 11) is 0. The lowest BCUT2D eigenvalue weighted by molar-refractivity contribution is 0.290. The maximum absolute atomic E-state index is 6.14. The first-order valence-electron chi connectivity index (χ1n) is 5.22. The van der Waals surface area contributed by atoms with Gasteiger partial charge in [-0.1, -0.05) is 39.0 Å². The summed E-state index contributed by atoms with van der Waals surface area (Å²) in [5.41, 5.74) is 7.07. The molecule has 0 saturated heterocycles. The predicted octanol–water partition coefficient (Wildman–Crippen LogP) is 3.48. The first kappa shape index (κ1) is 10.2. The summed E-state index contributed by atoms with van der Waals surface area (Å²) in [5.74, 6) is 0.865. The molecule has 1 atom stereocenters. The molecule has 15 heavy (non-hydrogen) atoms. The molecule has 0 radical (unpaired) electrons. The normalized spacial score (nSPS) is 14.4. The van der Waals surface area contributed by atoms with Gasteiger partial charge in [0.1, 0.15) is 11.3 Å². The Balaban J connectivity index is 2.45. The number of para-hydroxylation sites is 1. The molecule has 2 rings (SSSR count). The van der Waals surface area contributed by atoms with Crippen LogP contribution in [0.4, 0.5) is 0 Å². The van der Waals surface area contributed by atoms with Crippen LogP contribution in [-0.2, 0) is 0 Å². The van der Waals surface area contributed by atoms with Gasteiger partial charge in [0.25, 0.3) is 0 Å². The summed E-state index contributed by atoms with van der Waals surface area (Å²) in [6.45, 7) is 6.35. The topological polar surface area (TPSA) is 39.2 Å². The molecule has 2 N–H and O–H groups in total. The molecule has 0 fully saturated rings. The molecule has 1 aromatic carbocycles. The first-order chi connectivity index (χ1) is 6.98. The zero-order valence-corrected chi connectivity index (χ0v) is 9.45. The Bertz CT molecular complexity index is 432. The van der Waals surface area contributed by atoms with Gasteiger partial charge in [0.2, 0.25) is 0 Å². The van der Waals surface area contributed by atoms with E-state index in [2.05, 4.69) is 20.8 Å². The molecular formula is C13H17NO. The second-order valence-corrected chi connectivity index (χ2v) is 5.03. The summed E-state index contributed by atoms with van der Waals surface area (Å²) in [4.78, 5) is 0. The van der Waals surface area contributed by atoms with Crippen molar-refractivity contribution in [2.45, 2.75) is 26.8 Å². The van der Waals surface area contributed by atoms with Crippen molar-refractivity contribution in [1.29, 1.82) is 0 Å². The Hall–Kier alpha value is -1.28. The second-order valence-electron chi connectivity index (χ2n) is 5.03. The van der Waals surface area contributed by atoms with E-state index in [-0.39, 0.29) is 11.5 Å². The van der Waals surface area contributed by atoms with Crippen LogP contribution < -0.4 is 5.73 Å². The van der Waals surface area contributed by atoms with Crippen molar-refractivity contribution in [3.63, 3.8) is 0 Å². The van der Waals surface area contributed by atoms with Gasteiger partial charge in [0.15, 0.2) is 0 Å². The summed E-state index contributed by atoms with van der Waals surface area (Å²) in [6, 6.07) is 9.95. The summed E-state index contributed by atoms with van der Waals surface area (Å²) >= 11 is 0. The van der Waals surface area contributed by atoms with Crippen LogP contribution in [0.1, 0.15) is 32.6 Å². The predicted molar refractivity (Wildman–Crippen MR) is 62.6 cm³/mol.